The van der Waals surface area contributed by atoms with Crippen LogP contribution >= 0.6 is 0 Å². The van der Waals surface area contributed by atoms with Crippen LogP contribution in [0.1, 0.15) is 16.7 Å². The third-order valence-electron chi connectivity index (χ3n) is 6.23. The summed E-state index contributed by atoms with van der Waals surface area (Å²) >= 11 is 0. The minimum absolute atomic E-state index is 0.166. The van der Waals surface area contributed by atoms with Crippen molar-refractivity contribution in [3.8, 4) is 11.6 Å². The summed E-state index contributed by atoms with van der Waals surface area (Å²) in [7, 11) is 0. The second-order valence-electron chi connectivity index (χ2n) is 8.37. The number of aliphatic imine (C=N–C) groups is 1. The van der Waals surface area contributed by atoms with Crippen LogP contribution in [0.4, 0.5) is 11.4 Å². The third-order valence-corrected chi connectivity index (χ3v) is 6.23. The Balaban J connectivity index is 1.65. The number of aromatic nitrogens is 4. The van der Waals surface area contributed by atoms with Gasteiger partial charge in [-0.15, -0.1) is 0 Å². The fourth-order valence-corrected chi connectivity index (χ4v) is 4.21. The molecule has 0 radical (unpaired) electrons. The number of aromatic amines is 3. The molecule has 35 heavy (non-hydrogen) atoms. The minimum atomic E-state index is -0.762. The van der Waals surface area contributed by atoms with Crippen molar-refractivity contribution in [2.24, 2.45) is 4.99 Å². The first-order valence-corrected chi connectivity index (χ1v) is 11.1. The van der Waals surface area contributed by atoms with E-state index in [-0.39, 0.29) is 11.3 Å². The van der Waals surface area contributed by atoms with Gasteiger partial charge in [0.05, 0.1) is 41.3 Å². The van der Waals surface area contributed by atoms with E-state index >= 15 is 0 Å². The number of hydrogen-bond acceptors (Lipinski definition) is 7. The molecule has 4 aromatic rings. The first kappa shape index (κ1) is 22.4. The van der Waals surface area contributed by atoms with Gasteiger partial charge in [0.1, 0.15) is 5.56 Å². The summed E-state index contributed by atoms with van der Waals surface area (Å²) in [5, 5.41) is 11.0. The van der Waals surface area contributed by atoms with Crippen molar-refractivity contribution in [2.75, 3.05) is 31.2 Å². The van der Waals surface area contributed by atoms with Gasteiger partial charge in [-0.2, -0.15) is 0 Å². The number of aryl methyl sites for hydroxylation is 1. The molecule has 0 atom stereocenters. The Morgan fingerprint density at radius 1 is 1.00 bits per heavy atom. The highest BCUT2D eigenvalue weighted by molar-refractivity contribution is 5.91. The number of benzene rings is 2. The number of nitrogens with zero attached hydrogens (tertiary/aromatic N) is 3. The maximum atomic E-state index is 12.6. The zero-order chi connectivity index (χ0) is 24.7. The zero-order valence-corrected chi connectivity index (χ0v) is 19.2. The first-order valence-electron chi connectivity index (χ1n) is 11.1. The number of rotatable bonds is 4. The van der Waals surface area contributed by atoms with E-state index in [1.807, 2.05) is 26.0 Å². The highest BCUT2D eigenvalue weighted by atomic mass is 16.5. The van der Waals surface area contributed by atoms with Crippen LogP contribution in [-0.4, -0.2) is 57.1 Å². The summed E-state index contributed by atoms with van der Waals surface area (Å²) < 4.78 is 6.50. The molecule has 0 unspecified atom stereocenters. The Morgan fingerprint density at radius 3 is 2.46 bits per heavy atom. The van der Waals surface area contributed by atoms with Gasteiger partial charge in [0.2, 0.25) is 5.88 Å². The van der Waals surface area contributed by atoms with Crippen molar-refractivity contribution in [3.05, 3.63) is 78.3 Å². The van der Waals surface area contributed by atoms with Gasteiger partial charge in [0.25, 0.3) is 5.56 Å². The van der Waals surface area contributed by atoms with Crippen LogP contribution in [-0.2, 0) is 4.74 Å². The number of hydrogen-bond donors (Lipinski definition) is 4. The second kappa shape index (κ2) is 8.76. The van der Waals surface area contributed by atoms with Crippen LogP contribution in [0, 0.1) is 13.8 Å². The monoisotopic (exact) mass is 476 g/mol. The largest absolute Gasteiger partial charge is 0.493 e. The predicted octanol–water partition coefficient (Wildman–Crippen LogP) is 1.61. The number of anilines is 1. The van der Waals surface area contributed by atoms with Crippen molar-refractivity contribution >= 4 is 28.6 Å². The van der Waals surface area contributed by atoms with E-state index < -0.39 is 17.1 Å². The topological polar surface area (TPSA) is 149 Å². The summed E-state index contributed by atoms with van der Waals surface area (Å²) in [5.74, 6) is -0.514. The molecule has 1 fully saturated rings. The molecule has 0 aliphatic carbocycles. The number of H-pyrrole nitrogens is 3. The number of morpholine rings is 1. The van der Waals surface area contributed by atoms with E-state index in [9.17, 15) is 19.5 Å². The molecule has 2 aromatic heterocycles. The smallest absolute Gasteiger partial charge is 0.335 e. The molecule has 1 aliphatic heterocycles. The van der Waals surface area contributed by atoms with Gasteiger partial charge >= 0.3 is 11.4 Å². The van der Waals surface area contributed by atoms with Crippen LogP contribution in [0.25, 0.3) is 16.7 Å². The van der Waals surface area contributed by atoms with Crippen molar-refractivity contribution in [1.82, 2.24) is 19.5 Å². The maximum absolute atomic E-state index is 12.6. The second-order valence-corrected chi connectivity index (χ2v) is 8.37. The highest BCUT2D eigenvalue weighted by Crippen LogP contribution is 2.33. The summed E-state index contributed by atoms with van der Waals surface area (Å²) in [6, 6.07) is 8.86. The van der Waals surface area contributed by atoms with Crippen molar-refractivity contribution in [1.29, 1.82) is 0 Å². The van der Waals surface area contributed by atoms with Gasteiger partial charge in [-0.25, -0.2) is 14.2 Å². The van der Waals surface area contributed by atoms with Crippen LogP contribution in [0.2, 0.25) is 0 Å². The fraction of sp³-hybridized carbons (Fsp3) is 0.250. The Hall–Kier alpha value is -4.38. The molecule has 0 spiro atoms. The molecule has 3 heterocycles. The lowest BCUT2D eigenvalue weighted by atomic mass is 10.1. The minimum Gasteiger partial charge on any atom is -0.493 e. The van der Waals surface area contributed by atoms with Crippen molar-refractivity contribution < 1.29 is 9.84 Å². The van der Waals surface area contributed by atoms with Crippen LogP contribution in [0.15, 0.2) is 49.7 Å². The molecule has 1 saturated heterocycles. The van der Waals surface area contributed by atoms with Gasteiger partial charge < -0.3 is 24.7 Å². The SMILES string of the molecule is Cc1cccc(-n2c(O)c(C=Nc3cc4[nH]c(=O)[nH]c4cc3N3CCOCC3)c(=O)[nH]c2=O)c1C. The summed E-state index contributed by atoms with van der Waals surface area (Å²) in [5.41, 5.74) is 2.56. The van der Waals surface area contributed by atoms with Gasteiger partial charge in [-0.3, -0.25) is 14.8 Å². The first-order chi connectivity index (χ1) is 16.8. The lowest BCUT2D eigenvalue weighted by molar-refractivity contribution is 0.123. The highest BCUT2D eigenvalue weighted by Gasteiger charge is 2.19. The van der Waals surface area contributed by atoms with E-state index in [0.29, 0.717) is 48.7 Å². The van der Waals surface area contributed by atoms with Gasteiger partial charge in [-0.05, 0) is 43.2 Å². The van der Waals surface area contributed by atoms with E-state index in [1.165, 1.54) is 6.21 Å². The molecular formula is C24H24N6O5. The molecular weight excluding hydrogens is 452 g/mol. The predicted molar refractivity (Wildman–Crippen MR) is 133 cm³/mol. The van der Waals surface area contributed by atoms with E-state index in [0.717, 1.165) is 21.4 Å². The average molecular weight is 476 g/mol. The standard InChI is InChI=1S/C24H24N6O5/c1-13-4-3-5-19(14(13)2)30-22(32)15(21(31)28-24(30)34)12-25-18-10-16-17(27-23(33)26-16)11-20(18)29-6-8-35-9-7-29/h3-5,10-12,32H,6-9H2,1-2H3,(H2,26,27,33)(H,28,31,34). The van der Waals surface area contributed by atoms with Gasteiger partial charge in [-0.1, -0.05) is 12.1 Å². The Bertz CT molecular complexity index is 1640. The molecule has 2 aromatic carbocycles. The Morgan fingerprint density at radius 2 is 1.71 bits per heavy atom. The molecule has 1 aliphatic rings. The van der Waals surface area contributed by atoms with Crippen LogP contribution < -0.4 is 21.8 Å². The number of fused-ring (bicyclic) bond motifs is 1. The fourth-order valence-electron chi connectivity index (χ4n) is 4.21. The molecule has 180 valence electrons. The molecule has 11 heteroatoms. The number of nitrogens with one attached hydrogen (secondary N) is 3. The molecule has 0 saturated carbocycles. The summed E-state index contributed by atoms with van der Waals surface area (Å²) in [4.78, 5) is 51.3. The zero-order valence-electron chi connectivity index (χ0n) is 19.2. The molecule has 0 amide bonds. The molecule has 0 bridgehead atoms. The van der Waals surface area contributed by atoms with Crippen molar-refractivity contribution in [3.63, 3.8) is 0 Å². The lowest BCUT2D eigenvalue weighted by Gasteiger charge is -2.29. The average Bonchev–Trinajstić information content (AvgIpc) is 3.20. The number of ether oxygens (including phenoxy) is 1. The number of imidazole rings is 1. The van der Waals surface area contributed by atoms with Gasteiger partial charge in [0, 0.05) is 19.3 Å². The Kier molecular flexibility index (Phi) is 5.61. The van der Waals surface area contributed by atoms with E-state index in [4.69, 9.17) is 4.74 Å². The third kappa shape index (κ3) is 4.06. The molecule has 4 N–H and O–H groups in total. The normalized spacial score (nSPS) is 14.3. The molecule has 5 rings (SSSR count). The number of aromatic hydroxyl groups is 1. The lowest BCUT2D eigenvalue weighted by Crippen LogP contribution is -2.36. The van der Waals surface area contributed by atoms with Gasteiger partial charge in [0.15, 0.2) is 0 Å². The van der Waals surface area contributed by atoms with Crippen LogP contribution in [0.5, 0.6) is 5.88 Å². The van der Waals surface area contributed by atoms with E-state index in [2.05, 4.69) is 24.8 Å². The van der Waals surface area contributed by atoms with Crippen LogP contribution in [0.3, 0.4) is 0 Å². The molecule has 11 nitrogen and oxygen atoms in total. The van der Waals surface area contributed by atoms with E-state index in [1.54, 1.807) is 18.2 Å². The van der Waals surface area contributed by atoms with Crippen molar-refractivity contribution in [2.45, 2.75) is 13.8 Å². The summed E-state index contributed by atoms with van der Waals surface area (Å²) in [6.07, 6.45) is 1.23. The Labute approximate surface area is 198 Å². The summed E-state index contributed by atoms with van der Waals surface area (Å²) in [6.45, 7) is 6.08. The maximum Gasteiger partial charge on any atom is 0.335 e. The quantitative estimate of drug-likeness (QED) is 0.329.